The van der Waals surface area contributed by atoms with Gasteiger partial charge in [0.1, 0.15) is 5.75 Å². The molecule has 0 saturated carbocycles. The maximum absolute atomic E-state index is 12.7. The molecule has 1 aliphatic rings. The van der Waals surface area contributed by atoms with Crippen molar-refractivity contribution < 1.29 is 19.8 Å². The fourth-order valence-electron chi connectivity index (χ4n) is 2.72. The first-order valence-electron chi connectivity index (χ1n) is 6.92. The number of hydrogen-bond donors (Lipinski definition) is 2. The van der Waals surface area contributed by atoms with E-state index in [1.165, 1.54) is 15.9 Å². The number of phenols is 1. The first-order chi connectivity index (χ1) is 10.2. The maximum Gasteiger partial charge on any atom is 0.264 e. The van der Waals surface area contributed by atoms with Crippen molar-refractivity contribution in [1.29, 1.82) is 0 Å². The van der Waals surface area contributed by atoms with Gasteiger partial charge in [0.05, 0.1) is 12.1 Å². The van der Waals surface area contributed by atoms with Gasteiger partial charge in [-0.1, -0.05) is 6.08 Å². The zero-order valence-electron chi connectivity index (χ0n) is 13.0. The lowest BCUT2D eigenvalue weighted by molar-refractivity contribution is -0.145. The molecule has 0 spiro atoms. The second kappa shape index (κ2) is 5.46. The van der Waals surface area contributed by atoms with E-state index in [9.17, 15) is 19.8 Å². The summed E-state index contributed by atoms with van der Waals surface area (Å²) in [6, 6.07) is 3.04. The molecule has 6 nitrogen and oxygen atoms in total. The van der Waals surface area contributed by atoms with Gasteiger partial charge in [0.2, 0.25) is 5.91 Å². The monoisotopic (exact) mass is 304 g/mol. The third-order valence-corrected chi connectivity index (χ3v) is 3.94. The predicted octanol–water partition coefficient (Wildman–Crippen LogP) is 0.899. The smallest absolute Gasteiger partial charge is 0.264 e. The van der Waals surface area contributed by atoms with Gasteiger partial charge in [0.25, 0.3) is 5.91 Å². The second-order valence-corrected chi connectivity index (χ2v) is 5.63. The molecule has 1 aromatic rings. The molecule has 0 radical (unpaired) electrons. The molecule has 1 heterocycles. The summed E-state index contributed by atoms with van der Waals surface area (Å²) in [6.45, 7) is 5.44. The van der Waals surface area contributed by atoms with Gasteiger partial charge in [-0.2, -0.15) is 0 Å². The van der Waals surface area contributed by atoms with Crippen LogP contribution < -0.4 is 4.90 Å². The highest BCUT2D eigenvalue weighted by atomic mass is 16.3. The van der Waals surface area contributed by atoms with E-state index in [2.05, 4.69) is 6.58 Å². The average Bonchev–Trinajstić information content (AvgIpc) is 2.65. The van der Waals surface area contributed by atoms with Crippen molar-refractivity contribution >= 4 is 17.5 Å². The summed E-state index contributed by atoms with van der Waals surface area (Å²) in [4.78, 5) is 27.4. The van der Waals surface area contributed by atoms with E-state index in [1.54, 1.807) is 33.2 Å². The van der Waals surface area contributed by atoms with E-state index < -0.39 is 11.5 Å². The first kappa shape index (κ1) is 16.0. The lowest BCUT2D eigenvalue weighted by atomic mass is 9.88. The lowest BCUT2D eigenvalue weighted by Crippen LogP contribution is -2.44. The highest BCUT2D eigenvalue weighted by Gasteiger charge is 2.52. The standard InChI is InChI=1S/C16H20N2O4/c1-5-8-18-11-6-7-12(19)10(2)14(11)16(22,15(18)21)9-13(20)17(3)4/h5-7,19,22H,1,8-9H2,2-4H3. The summed E-state index contributed by atoms with van der Waals surface area (Å²) in [7, 11) is 3.12. The molecule has 0 fully saturated rings. The lowest BCUT2D eigenvalue weighted by Gasteiger charge is -2.24. The summed E-state index contributed by atoms with van der Waals surface area (Å²) in [5, 5.41) is 20.9. The average molecular weight is 304 g/mol. The Morgan fingerprint density at radius 3 is 2.64 bits per heavy atom. The molecule has 1 aliphatic heterocycles. The van der Waals surface area contributed by atoms with Gasteiger partial charge < -0.3 is 20.0 Å². The Morgan fingerprint density at radius 1 is 1.45 bits per heavy atom. The van der Waals surface area contributed by atoms with E-state index in [0.29, 0.717) is 11.3 Å². The van der Waals surface area contributed by atoms with Gasteiger partial charge in [0, 0.05) is 26.2 Å². The van der Waals surface area contributed by atoms with Crippen LogP contribution in [-0.2, 0) is 15.2 Å². The van der Waals surface area contributed by atoms with Crippen LogP contribution in [-0.4, -0.2) is 47.6 Å². The van der Waals surface area contributed by atoms with Gasteiger partial charge in [0.15, 0.2) is 5.60 Å². The molecule has 2 N–H and O–H groups in total. The fraction of sp³-hybridized carbons (Fsp3) is 0.375. The van der Waals surface area contributed by atoms with Crippen LogP contribution in [0.25, 0.3) is 0 Å². The molecule has 22 heavy (non-hydrogen) atoms. The maximum atomic E-state index is 12.7. The number of carbonyl (C=O) groups is 2. The highest BCUT2D eigenvalue weighted by Crippen LogP contribution is 2.46. The van der Waals surface area contributed by atoms with Gasteiger partial charge in [-0.15, -0.1) is 6.58 Å². The zero-order valence-corrected chi connectivity index (χ0v) is 13.0. The number of rotatable bonds is 4. The van der Waals surface area contributed by atoms with E-state index in [-0.39, 0.29) is 30.2 Å². The molecule has 2 amide bonds. The molecule has 118 valence electrons. The van der Waals surface area contributed by atoms with Crippen LogP contribution in [0.4, 0.5) is 5.69 Å². The normalized spacial score (nSPS) is 20.0. The number of anilines is 1. The van der Waals surface area contributed by atoms with E-state index >= 15 is 0 Å². The Hall–Kier alpha value is -2.34. The topological polar surface area (TPSA) is 81.1 Å². The van der Waals surface area contributed by atoms with Crippen LogP contribution in [0.3, 0.4) is 0 Å². The van der Waals surface area contributed by atoms with Gasteiger partial charge in [-0.05, 0) is 24.6 Å². The van der Waals surface area contributed by atoms with Crippen molar-refractivity contribution in [1.82, 2.24) is 4.90 Å². The number of aromatic hydroxyl groups is 1. The number of benzene rings is 1. The number of amides is 2. The zero-order chi connectivity index (χ0) is 16.7. The van der Waals surface area contributed by atoms with Crippen LogP contribution in [0.2, 0.25) is 0 Å². The van der Waals surface area contributed by atoms with Crippen molar-refractivity contribution in [3.63, 3.8) is 0 Å². The number of phenolic OH excluding ortho intramolecular Hbond substituents is 1. The van der Waals surface area contributed by atoms with Crippen LogP contribution in [0.5, 0.6) is 5.75 Å². The van der Waals surface area contributed by atoms with E-state index in [0.717, 1.165) is 0 Å². The molecule has 0 saturated heterocycles. The summed E-state index contributed by atoms with van der Waals surface area (Å²) in [5.74, 6) is -0.973. The van der Waals surface area contributed by atoms with Gasteiger partial charge >= 0.3 is 0 Å². The third-order valence-electron chi connectivity index (χ3n) is 3.94. The molecule has 1 aromatic carbocycles. The number of fused-ring (bicyclic) bond motifs is 1. The summed E-state index contributed by atoms with van der Waals surface area (Å²) in [6.07, 6.45) is 1.17. The summed E-state index contributed by atoms with van der Waals surface area (Å²) in [5.41, 5.74) is -0.794. The molecular weight excluding hydrogens is 284 g/mol. The SMILES string of the molecule is C=CCN1C(=O)C(O)(CC(=O)N(C)C)c2c1ccc(O)c2C. The number of hydrogen-bond acceptors (Lipinski definition) is 4. The number of nitrogens with zero attached hydrogens (tertiary/aromatic N) is 2. The van der Waals surface area contributed by atoms with Crippen molar-refractivity contribution in [2.24, 2.45) is 0 Å². The Labute approximate surface area is 129 Å². The Morgan fingerprint density at radius 2 is 2.09 bits per heavy atom. The van der Waals surface area contributed by atoms with Crippen molar-refractivity contribution in [2.45, 2.75) is 18.9 Å². The van der Waals surface area contributed by atoms with Gasteiger partial charge in [-0.3, -0.25) is 9.59 Å². The summed E-state index contributed by atoms with van der Waals surface area (Å²) < 4.78 is 0. The number of carbonyl (C=O) groups excluding carboxylic acids is 2. The molecule has 0 aliphatic carbocycles. The van der Waals surface area contributed by atoms with Crippen LogP contribution >= 0.6 is 0 Å². The number of aliphatic hydroxyl groups is 1. The Bertz CT molecular complexity index is 654. The minimum Gasteiger partial charge on any atom is -0.508 e. The minimum absolute atomic E-state index is 0.0252. The second-order valence-electron chi connectivity index (χ2n) is 5.63. The third kappa shape index (κ3) is 2.25. The van der Waals surface area contributed by atoms with E-state index in [4.69, 9.17) is 0 Å². The minimum atomic E-state index is -1.97. The van der Waals surface area contributed by atoms with Crippen molar-refractivity contribution in [2.75, 3.05) is 25.5 Å². The molecule has 2 rings (SSSR count). The molecular formula is C16H20N2O4. The van der Waals surface area contributed by atoms with Crippen molar-refractivity contribution in [3.8, 4) is 5.75 Å². The van der Waals surface area contributed by atoms with Crippen molar-refractivity contribution in [3.05, 3.63) is 35.9 Å². The molecule has 1 atom stereocenters. The van der Waals surface area contributed by atoms with Crippen LogP contribution in [0.15, 0.2) is 24.8 Å². The van der Waals surface area contributed by atoms with Gasteiger partial charge in [-0.25, -0.2) is 0 Å². The van der Waals surface area contributed by atoms with E-state index in [1.807, 2.05) is 0 Å². The molecule has 0 bridgehead atoms. The summed E-state index contributed by atoms with van der Waals surface area (Å²) >= 11 is 0. The molecule has 1 unspecified atom stereocenters. The van der Waals surface area contributed by atoms with Crippen LogP contribution in [0.1, 0.15) is 17.5 Å². The molecule has 0 aromatic heterocycles. The quantitative estimate of drug-likeness (QED) is 0.810. The molecule has 6 heteroatoms. The van der Waals surface area contributed by atoms with Crippen LogP contribution in [0, 0.1) is 6.92 Å². The first-order valence-corrected chi connectivity index (χ1v) is 6.92. The fourth-order valence-corrected chi connectivity index (χ4v) is 2.72. The Kier molecular flexibility index (Phi) is 3.98. The predicted molar refractivity (Wildman–Crippen MR) is 82.6 cm³/mol. The highest BCUT2D eigenvalue weighted by molar-refractivity contribution is 6.09. The largest absolute Gasteiger partial charge is 0.508 e. The Balaban J connectivity index is 2.62.